The predicted octanol–water partition coefficient (Wildman–Crippen LogP) is 3.84. The molecule has 2 rings (SSSR count). The van der Waals surface area contributed by atoms with E-state index in [0.29, 0.717) is 23.8 Å². The molecule has 1 aromatic carbocycles. The number of nitrogens with zero attached hydrogens (tertiary/aromatic N) is 1. The predicted molar refractivity (Wildman–Crippen MR) is 105 cm³/mol. The van der Waals surface area contributed by atoms with Crippen LogP contribution >= 0.6 is 11.8 Å². The molecule has 1 aliphatic heterocycles. The normalized spacial score (nSPS) is 20.1. The van der Waals surface area contributed by atoms with E-state index in [2.05, 4.69) is 26.1 Å². The van der Waals surface area contributed by atoms with Crippen LogP contribution < -0.4 is 5.32 Å². The molecule has 1 N–H and O–H groups in total. The number of rotatable bonds is 7. The minimum atomic E-state index is -0.383. The minimum absolute atomic E-state index is 0.0197. The smallest absolute Gasteiger partial charge is 0.255 e. The molecule has 2 amide bonds. The van der Waals surface area contributed by atoms with Gasteiger partial charge in [-0.05, 0) is 30.9 Å². The van der Waals surface area contributed by atoms with Crippen molar-refractivity contribution in [1.82, 2.24) is 10.2 Å². The van der Waals surface area contributed by atoms with Crippen molar-refractivity contribution in [1.29, 1.82) is 0 Å². The Labute approximate surface area is 155 Å². The van der Waals surface area contributed by atoms with Gasteiger partial charge in [-0.15, -0.1) is 11.8 Å². The van der Waals surface area contributed by atoms with E-state index in [1.807, 2.05) is 36.1 Å². The summed E-state index contributed by atoms with van der Waals surface area (Å²) in [4.78, 5) is 27.7. The van der Waals surface area contributed by atoms with Crippen LogP contribution in [0.25, 0.3) is 0 Å². The van der Waals surface area contributed by atoms with Gasteiger partial charge in [-0.25, -0.2) is 0 Å². The van der Waals surface area contributed by atoms with E-state index in [0.717, 1.165) is 24.8 Å². The van der Waals surface area contributed by atoms with Gasteiger partial charge in [0.25, 0.3) is 5.91 Å². The van der Waals surface area contributed by atoms with Crippen LogP contribution in [0.2, 0.25) is 0 Å². The van der Waals surface area contributed by atoms with E-state index in [-0.39, 0.29) is 23.2 Å². The molecular formula is C20H30N2O2S. The molecule has 0 aromatic heterocycles. The number of carbonyl (C=O) groups excluding carboxylic acids is 2. The summed E-state index contributed by atoms with van der Waals surface area (Å²) in [6.07, 6.45) is 3.23. The maximum atomic E-state index is 13.2. The molecule has 5 heteroatoms. The molecule has 0 bridgehead atoms. The first kappa shape index (κ1) is 19.8. The third-order valence-electron chi connectivity index (χ3n) is 4.60. The molecule has 4 nitrogen and oxygen atoms in total. The summed E-state index contributed by atoms with van der Waals surface area (Å²) in [7, 11) is 0. The molecule has 1 fully saturated rings. The van der Waals surface area contributed by atoms with Gasteiger partial charge in [0.1, 0.15) is 6.04 Å². The van der Waals surface area contributed by atoms with Crippen LogP contribution in [0.3, 0.4) is 0 Å². The van der Waals surface area contributed by atoms with E-state index < -0.39 is 0 Å². The molecule has 0 aliphatic carbocycles. The van der Waals surface area contributed by atoms with Crippen molar-refractivity contribution in [3.8, 4) is 0 Å². The molecule has 1 aliphatic rings. The molecule has 2 atom stereocenters. The first-order chi connectivity index (χ1) is 12.0. The minimum Gasteiger partial charge on any atom is -0.354 e. The van der Waals surface area contributed by atoms with Crippen molar-refractivity contribution in [2.45, 2.75) is 58.4 Å². The number of nitrogens with one attached hydrogen (secondary N) is 1. The quantitative estimate of drug-likeness (QED) is 0.750. The second kappa shape index (κ2) is 9.27. The summed E-state index contributed by atoms with van der Waals surface area (Å²) in [5.41, 5.74) is 1.65. The number of carbonyl (C=O) groups is 2. The van der Waals surface area contributed by atoms with Gasteiger partial charge in [0.15, 0.2) is 0 Å². The van der Waals surface area contributed by atoms with Gasteiger partial charge in [-0.3, -0.25) is 9.59 Å². The van der Waals surface area contributed by atoms with Gasteiger partial charge in [-0.1, -0.05) is 51.8 Å². The topological polar surface area (TPSA) is 49.4 Å². The van der Waals surface area contributed by atoms with Crippen LogP contribution in [0.1, 0.15) is 56.0 Å². The summed E-state index contributed by atoms with van der Waals surface area (Å²) in [6.45, 7) is 8.99. The van der Waals surface area contributed by atoms with Gasteiger partial charge in [0, 0.05) is 17.9 Å². The van der Waals surface area contributed by atoms with E-state index in [1.54, 1.807) is 11.8 Å². The van der Waals surface area contributed by atoms with Crippen molar-refractivity contribution in [2.75, 3.05) is 12.3 Å². The van der Waals surface area contributed by atoms with Gasteiger partial charge in [-0.2, -0.15) is 0 Å². The Balaban J connectivity index is 2.17. The van der Waals surface area contributed by atoms with Crippen molar-refractivity contribution >= 4 is 23.6 Å². The first-order valence-electron chi connectivity index (χ1n) is 9.25. The van der Waals surface area contributed by atoms with Crippen LogP contribution in [-0.4, -0.2) is 40.4 Å². The zero-order valence-corrected chi connectivity index (χ0v) is 16.6. The SMILES string of the molecule is CCCCCNC(=O)[C@@H]1CS[C@@H](C(C)C)N1C(=O)c1ccccc1C. The summed E-state index contributed by atoms with van der Waals surface area (Å²) in [6, 6.07) is 7.23. The molecule has 0 spiro atoms. The summed E-state index contributed by atoms with van der Waals surface area (Å²) >= 11 is 1.71. The lowest BCUT2D eigenvalue weighted by molar-refractivity contribution is -0.124. The van der Waals surface area contributed by atoms with Crippen LogP contribution in [0.4, 0.5) is 0 Å². The standard InChI is InChI=1S/C20H30N2O2S/c1-5-6-9-12-21-18(23)17-13-25-20(14(2)3)22(17)19(24)16-11-8-7-10-15(16)4/h7-8,10-11,14,17,20H,5-6,9,12-13H2,1-4H3,(H,21,23)/t17-,20-/m0/s1. The Morgan fingerprint density at radius 3 is 2.64 bits per heavy atom. The fourth-order valence-electron chi connectivity index (χ4n) is 3.16. The Hall–Kier alpha value is -1.49. The maximum absolute atomic E-state index is 13.2. The first-order valence-corrected chi connectivity index (χ1v) is 10.3. The third kappa shape index (κ3) is 4.78. The lowest BCUT2D eigenvalue weighted by Crippen LogP contribution is -2.51. The van der Waals surface area contributed by atoms with Crippen LogP contribution in [0.15, 0.2) is 24.3 Å². The molecule has 0 radical (unpaired) electrons. The molecule has 0 saturated carbocycles. The van der Waals surface area contributed by atoms with Gasteiger partial charge < -0.3 is 10.2 Å². The lowest BCUT2D eigenvalue weighted by Gasteiger charge is -2.31. The molecule has 25 heavy (non-hydrogen) atoms. The van der Waals surface area contributed by atoms with Crippen LogP contribution in [-0.2, 0) is 4.79 Å². The number of aryl methyl sites for hydroxylation is 1. The zero-order chi connectivity index (χ0) is 18.4. The summed E-state index contributed by atoms with van der Waals surface area (Å²) in [5, 5.41) is 3.06. The number of amides is 2. The fraction of sp³-hybridized carbons (Fsp3) is 0.600. The Bertz CT molecular complexity index is 603. The van der Waals surface area contributed by atoms with Crippen LogP contribution in [0, 0.1) is 12.8 Å². The molecule has 138 valence electrons. The molecule has 1 aromatic rings. The number of unbranched alkanes of at least 4 members (excludes halogenated alkanes) is 2. The summed E-state index contributed by atoms with van der Waals surface area (Å²) < 4.78 is 0. The van der Waals surface area contributed by atoms with Crippen molar-refractivity contribution < 1.29 is 9.59 Å². The number of hydrogen-bond acceptors (Lipinski definition) is 3. The number of thioether (sulfide) groups is 1. The molecule has 1 heterocycles. The van der Waals surface area contributed by atoms with Gasteiger partial charge >= 0.3 is 0 Å². The van der Waals surface area contributed by atoms with Gasteiger partial charge in [0.2, 0.25) is 5.91 Å². The second-order valence-electron chi connectivity index (χ2n) is 7.01. The van der Waals surface area contributed by atoms with E-state index in [9.17, 15) is 9.59 Å². The van der Waals surface area contributed by atoms with Crippen molar-refractivity contribution in [3.05, 3.63) is 35.4 Å². The highest BCUT2D eigenvalue weighted by Crippen LogP contribution is 2.35. The van der Waals surface area contributed by atoms with E-state index >= 15 is 0 Å². The highest BCUT2D eigenvalue weighted by Gasteiger charge is 2.43. The van der Waals surface area contributed by atoms with E-state index in [1.165, 1.54) is 0 Å². The monoisotopic (exact) mass is 362 g/mol. The van der Waals surface area contributed by atoms with Crippen molar-refractivity contribution in [3.63, 3.8) is 0 Å². The fourth-order valence-corrected chi connectivity index (χ4v) is 4.64. The molecule has 0 unspecified atom stereocenters. The maximum Gasteiger partial charge on any atom is 0.255 e. The highest BCUT2D eigenvalue weighted by molar-refractivity contribution is 8.00. The number of benzene rings is 1. The largest absolute Gasteiger partial charge is 0.354 e. The zero-order valence-electron chi connectivity index (χ0n) is 15.7. The summed E-state index contributed by atoms with van der Waals surface area (Å²) in [5.74, 6) is 0.917. The highest BCUT2D eigenvalue weighted by atomic mass is 32.2. The Kier molecular flexibility index (Phi) is 7.36. The Morgan fingerprint density at radius 2 is 2.00 bits per heavy atom. The van der Waals surface area contributed by atoms with Crippen LogP contribution in [0.5, 0.6) is 0 Å². The Morgan fingerprint density at radius 1 is 1.28 bits per heavy atom. The average molecular weight is 363 g/mol. The average Bonchev–Trinajstić information content (AvgIpc) is 3.04. The molecule has 1 saturated heterocycles. The molecular weight excluding hydrogens is 332 g/mol. The van der Waals surface area contributed by atoms with Gasteiger partial charge in [0.05, 0.1) is 5.37 Å². The number of hydrogen-bond donors (Lipinski definition) is 1. The lowest BCUT2D eigenvalue weighted by atomic mass is 10.0. The second-order valence-corrected chi connectivity index (χ2v) is 8.16. The third-order valence-corrected chi connectivity index (χ3v) is 6.22. The van der Waals surface area contributed by atoms with E-state index in [4.69, 9.17) is 0 Å². The van der Waals surface area contributed by atoms with Crippen molar-refractivity contribution in [2.24, 2.45) is 5.92 Å².